The Morgan fingerprint density at radius 2 is 2.05 bits per heavy atom. The summed E-state index contributed by atoms with van der Waals surface area (Å²) < 4.78 is 26.0. The fourth-order valence-electron chi connectivity index (χ4n) is 3.95. The van der Waals surface area contributed by atoms with Crippen LogP contribution in [0.3, 0.4) is 0 Å². The van der Waals surface area contributed by atoms with E-state index < -0.39 is 5.82 Å². The summed E-state index contributed by atoms with van der Waals surface area (Å²) in [6.07, 6.45) is 0.470. The van der Waals surface area contributed by atoms with E-state index in [4.69, 9.17) is 33.4 Å². The van der Waals surface area contributed by atoms with Crippen molar-refractivity contribution in [3.05, 3.63) is 81.4 Å². The highest BCUT2D eigenvalue weighted by Crippen LogP contribution is 2.42. The molecule has 1 aliphatic rings. The summed E-state index contributed by atoms with van der Waals surface area (Å²) in [5.74, 6) is -0.118. The second-order valence-corrected chi connectivity index (χ2v) is 10.6. The molecule has 4 aromatic rings. The molecular weight excluding hydrogens is 545 g/mol. The van der Waals surface area contributed by atoms with Crippen LogP contribution in [0.15, 0.2) is 52.9 Å². The topological polar surface area (TPSA) is 98.4 Å². The Balaban J connectivity index is 1.43. The van der Waals surface area contributed by atoms with Crippen molar-refractivity contribution in [1.82, 2.24) is 9.97 Å². The number of hydrogen-bond acceptors (Lipinski definition) is 8. The predicted octanol–water partition coefficient (Wildman–Crippen LogP) is 7.13. The number of halogens is 2. The molecule has 5 rings (SSSR count). The smallest absolute Gasteiger partial charge is 0.236 e. The second-order valence-electron chi connectivity index (χ2n) is 8.31. The van der Waals surface area contributed by atoms with Crippen molar-refractivity contribution in [3.63, 3.8) is 0 Å². The monoisotopic (exact) mass is 563 g/mol. The lowest BCUT2D eigenvalue weighted by atomic mass is 9.99. The molecule has 2 N–H and O–H groups in total. The van der Waals surface area contributed by atoms with Crippen LogP contribution in [0.4, 0.5) is 15.9 Å². The first-order chi connectivity index (χ1) is 18.5. The lowest BCUT2D eigenvalue weighted by Gasteiger charge is -2.15. The maximum absolute atomic E-state index is 15.0. The van der Waals surface area contributed by atoms with Crippen molar-refractivity contribution in [3.8, 4) is 33.5 Å². The third-order valence-electron chi connectivity index (χ3n) is 5.79. The zero-order valence-electron chi connectivity index (χ0n) is 19.8. The summed E-state index contributed by atoms with van der Waals surface area (Å²) in [6.45, 7) is 8.62. The van der Waals surface area contributed by atoms with Gasteiger partial charge in [0.2, 0.25) is 5.69 Å². The molecule has 0 spiro atoms. The van der Waals surface area contributed by atoms with Crippen molar-refractivity contribution in [2.24, 2.45) is 0 Å². The van der Waals surface area contributed by atoms with Crippen LogP contribution in [0.1, 0.15) is 17.7 Å². The van der Waals surface area contributed by atoms with Crippen LogP contribution in [0.2, 0.25) is 5.02 Å². The Hall–Kier alpha value is -3.67. The molecule has 1 aliphatic heterocycles. The number of rotatable bonds is 7. The molecule has 1 atom stereocenters. The maximum atomic E-state index is 15.0. The highest BCUT2D eigenvalue weighted by Gasteiger charge is 2.23. The largest absolute Gasteiger partial charge is 0.485 e. The lowest BCUT2D eigenvalue weighted by molar-refractivity contribution is 0.138. The first-order valence-corrected chi connectivity index (χ1v) is 13.7. The molecule has 190 valence electrons. The number of anilines is 1. The van der Waals surface area contributed by atoms with Gasteiger partial charge in [0, 0.05) is 33.7 Å². The zero-order valence-corrected chi connectivity index (χ0v) is 22.2. The van der Waals surface area contributed by atoms with Gasteiger partial charge in [0.05, 0.1) is 31.0 Å². The van der Waals surface area contributed by atoms with E-state index in [1.165, 1.54) is 35.2 Å². The molecule has 1 fully saturated rings. The fourth-order valence-corrected chi connectivity index (χ4v) is 5.90. The number of pyridine rings is 1. The van der Waals surface area contributed by atoms with E-state index in [0.29, 0.717) is 41.0 Å². The van der Waals surface area contributed by atoms with Gasteiger partial charge in [0.25, 0.3) is 0 Å². The van der Waals surface area contributed by atoms with E-state index in [0.717, 1.165) is 16.3 Å². The molecule has 2 aromatic carbocycles. The van der Waals surface area contributed by atoms with Gasteiger partial charge in [0.1, 0.15) is 28.0 Å². The van der Waals surface area contributed by atoms with E-state index in [9.17, 15) is 5.26 Å². The quantitative estimate of drug-likeness (QED) is 0.189. The molecule has 0 saturated carbocycles. The highest BCUT2D eigenvalue weighted by atomic mass is 35.5. The van der Waals surface area contributed by atoms with Crippen LogP contribution in [0, 0.1) is 23.7 Å². The van der Waals surface area contributed by atoms with Gasteiger partial charge in [-0.25, -0.2) is 19.2 Å². The third-order valence-corrected chi connectivity index (χ3v) is 7.99. The van der Waals surface area contributed by atoms with Gasteiger partial charge in [-0.1, -0.05) is 41.6 Å². The molecule has 0 radical (unpaired) electrons. The molecule has 0 amide bonds. The first-order valence-electron chi connectivity index (χ1n) is 11.4. The zero-order chi connectivity index (χ0) is 26.6. The predicted molar refractivity (Wildman–Crippen MR) is 147 cm³/mol. The summed E-state index contributed by atoms with van der Waals surface area (Å²) in [4.78, 5) is 12.5. The Kier molecular flexibility index (Phi) is 7.77. The number of nitrogens with two attached hydrogens (primary N) is 1. The fraction of sp³-hybridized carbons (Fsp3) is 0.185. The van der Waals surface area contributed by atoms with Crippen LogP contribution < -0.4 is 10.5 Å². The highest BCUT2D eigenvalue weighted by molar-refractivity contribution is 7.98. The van der Waals surface area contributed by atoms with Crippen molar-refractivity contribution >= 4 is 46.2 Å². The number of thiazole rings is 1. The van der Waals surface area contributed by atoms with Crippen LogP contribution in [-0.2, 0) is 10.5 Å². The van der Waals surface area contributed by atoms with Gasteiger partial charge >= 0.3 is 0 Å². The van der Waals surface area contributed by atoms with Gasteiger partial charge in [-0.05, 0) is 29.8 Å². The average molecular weight is 564 g/mol. The van der Waals surface area contributed by atoms with Gasteiger partial charge in [-0.2, -0.15) is 5.26 Å². The minimum Gasteiger partial charge on any atom is -0.485 e. The van der Waals surface area contributed by atoms with Crippen LogP contribution >= 0.6 is 34.7 Å². The molecule has 11 heteroatoms. The van der Waals surface area contributed by atoms with E-state index in [2.05, 4.69) is 20.9 Å². The van der Waals surface area contributed by atoms with Gasteiger partial charge in [0.15, 0.2) is 11.6 Å². The molecule has 7 nitrogen and oxygen atoms in total. The first kappa shape index (κ1) is 26.0. The van der Waals surface area contributed by atoms with Gasteiger partial charge in [-0.3, -0.25) is 0 Å². The minimum atomic E-state index is -0.601. The number of ether oxygens (including phenoxy) is 2. The molecular formula is C27H19ClFN5O2S2. The number of aromatic nitrogens is 2. The normalized spacial score (nSPS) is 14.7. The van der Waals surface area contributed by atoms with Crippen LogP contribution in [0.5, 0.6) is 5.75 Å². The number of nitriles is 1. The van der Waals surface area contributed by atoms with Gasteiger partial charge in [-0.15, -0.1) is 11.3 Å². The van der Waals surface area contributed by atoms with Crippen molar-refractivity contribution in [2.45, 2.75) is 23.3 Å². The Morgan fingerprint density at radius 3 is 2.74 bits per heavy atom. The minimum absolute atomic E-state index is 0.00171. The van der Waals surface area contributed by atoms with Gasteiger partial charge < -0.3 is 15.2 Å². The van der Waals surface area contributed by atoms with Crippen molar-refractivity contribution in [2.75, 3.05) is 18.9 Å². The van der Waals surface area contributed by atoms with E-state index in [1.54, 1.807) is 6.07 Å². The molecule has 0 bridgehead atoms. The second kappa shape index (κ2) is 11.4. The summed E-state index contributed by atoms with van der Waals surface area (Å²) >= 11 is 8.76. The molecule has 0 aliphatic carbocycles. The number of thioether (sulfide) groups is 1. The molecule has 2 aromatic heterocycles. The Labute approximate surface area is 231 Å². The van der Waals surface area contributed by atoms with Crippen LogP contribution in [0.25, 0.3) is 26.5 Å². The molecule has 1 unspecified atom stereocenters. The van der Waals surface area contributed by atoms with Crippen molar-refractivity contribution < 1.29 is 13.9 Å². The Bertz CT molecular complexity index is 1570. The molecule has 38 heavy (non-hydrogen) atoms. The third kappa shape index (κ3) is 5.45. The number of nitrogen functional groups attached to an aromatic ring is 1. The summed E-state index contributed by atoms with van der Waals surface area (Å²) in [6, 6.07) is 13.9. The lowest BCUT2D eigenvalue weighted by Crippen LogP contribution is -2.16. The number of nitrogens with zero attached hydrogens (tertiary/aromatic N) is 4. The van der Waals surface area contributed by atoms with Crippen molar-refractivity contribution in [1.29, 1.82) is 5.26 Å². The Morgan fingerprint density at radius 1 is 1.26 bits per heavy atom. The van der Waals surface area contributed by atoms with E-state index >= 15 is 4.39 Å². The van der Waals surface area contributed by atoms with E-state index in [1.807, 2.05) is 29.6 Å². The summed E-state index contributed by atoms with van der Waals surface area (Å²) in [7, 11) is 0. The summed E-state index contributed by atoms with van der Waals surface area (Å²) in [5, 5.41) is 13.8. The summed E-state index contributed by atoms with van der Waals surface area (Å²) in [5.41, 5.74) is 8.62. The maximum Gasteiger partial charge on any atom is 0.236 e. The standard InChI is InChI=1S/C27H19ClFN5O2S2/c1-32-24-23(16-4-7-22(21(29)10-16)36-19-8-9-35-12-19)20(11-30)27(34-25(24)31)38-14-18-13-37-26(33-18)15-2-5-17(28)6-3-15/h2-7,10,13,19H,8-9,12,14H2,(H2,31,34). The van der Waals surface area contributed by atoms with Crippen LogP contribution in [-0.4, -0.2) is 29.3 Å². The SMILES string of the molecule is [C-]#[N+]c1c(N)nc(SCc2csc(-c3ccc(Cl)cc3)n2)c(C#N)c1-c1ccc(OC2CCOC2)c(F)c1. The average Bonchev–Trinajstić information content (AvgIpc) is 3.61. The molecule has 1 saturated heterocycles. The molecule has 3 heterocycles. The number of benzene rings is 2. The number of hydrogen-bond donors (Lipinski definition) is 1. The van der Waals surface area contributed by atoms with E-state index in [-0.39, 0.29) is 34.5 Å².